The number of ketones is 1. The summed E-state index contributed by atoms with van der Waals surface area (Å²) in [6, 6.07) is 11.9. The van der Waals surface area contributed by atoms with Gasteiger partial charge in [0.1, 0.15) is 5.75 Å². The molecule has 0 aromatic heterocycles. The number of carbonyl (C=O) groups is 2. The molecule has 0 aliphatic heterocycles. The summed E-state index contributed by atoms with van der Waals surface area (Å²) < 4.78 is 4.72. The SMILES string of the molecule is COC(=O)c1ccc(C(=O)c2ccc(O)c(C34CC5CC(CC(C5)C3)C4)c2)cc1. The van der Waals surface area contributed by atoms with Gasteiger partial charge in [-0.25, -0.2) is 4.79 Å². The fraction of sp³-hybridized carbons (Fsp3) is 0.440. The molecule has 150 valence electrons. The first kappa shape index (κ1) is 18.4. The maximum Gasteiger partial charge on any atom is 0.337 e. The molecule has 0 radical (unpaired) electrons. The van der Waals surface area contributed by atoms with E-state index >= 15 is 0 Å². The van der Waals surface area contributed by atoms with Crippen LogP contribution in [0.2, 0.25) is 0 Å². The summed E-state index contributed by atoms with van der Waals surface area (Å²) in [5.41, 5.74) is 2.54. The van der Waals surface area contributed by atoms with Crippen molar-refractivity contribution in [2.75, 3.05) is 7.11 Å². The number of phenolic OH excluding ortho intramolecular Hbond substituents is 1. The summed E-state index contributed by atoms with van der Waals surface area (Å²) in [5.74, 6) is 2.12. The number of benzene rings is 2. The lowest BCUT2D eigenvalue weighted by molar-refractivity contribution is -0.00614. The highest BCUT2D eigenvalue weighted by Crippen LogP contribution is 2.61. The number of hydrogen-bond donors (Lipinski definition) is 1. The molecule has 4 aliphatic carbocycles. The van der Waals surface area contributed by atoms with E-state index in [0.717, 1.165) is 42.6 Å². The first-order valence-electron chi connectivity index (χ1n) is 10.5. The molecular formula is C25H26O4. The highest BCUT2D eigenvalue weighted by molar-refractivity contribution is 6.09. The van der Waals surface area contributed by atoms with E-state index in [1.54, 1.807) is 36.4 Å². The summed E-state index contributed by atoms with van der Waals surface area (Å²) in [4.78, 5) is 24.7. The van der Waals surface area contributed by atoms with Crippen molar-refractivity contribution in [3.05, 3.63) is 64.7 Å². The number of rotatable bonds is 4. The molecule has 1 N–H and O–H groups in total. The Labute approximate surface area is 170 Å². The molecule has 4 fully saturated rings. The first-order chi connectivity index (χ1) is 14.0. The van der Waals surface area contributed by atoms with Gasteiger partial charge in [0.15, 0.2) is 5.78 Å². The van der Waals surface area contributed by atoms with E-state index < -0.39 is 5.97 Å². The van der Waals surface area contributed by atoms with Crippen LogP contribution in [0.15, 0.2) is 42.5 Å². The molecule has 6 rings (SSSR count). The number of carbonyl (C=O) groups excluding carboxylic acids is 2. The molecule has 0 spiro atoms. The van der Waals surface area contributed by atoms with E-state index in [4.69, 9.17) is 4.74 Å². The van der Waals surface area contributed by atoms with Crippen molar-refractivity contribution in [2.24, 2.45) is 17.8 Å². The van der Waals surface area contributed by atoms with Gasteiger partial charge in [0.2, 0.25) is 0 Å². The van der Waals surface area contributed by atoms with Gasteiger partial charge < -0.3 is 9.84 Å². The van der Waals surface area contributed by atoms with Gasteiger partial charge >= 0.3 is 5.97 Å². The lowest BCUT2D eigenvalue weighted by Crippen LogP contribution is -2.48. The fourth-order valence-corrected chi connectivity index (χ4v) is 6.58. The van der Waals surface area contributed by atoms with Gasteiger partial charge in [-0.3, -0.25) is 4.79 Å². The predicted molar refractivity (Wildman–Crippen MR) is 109 cm³/mol. The van der Waals surface area contributed by atoms with Crippen LogP contribution in [-0.2, 0) is 10.2 Å². The van der Waals surface area contributed by atoms with Crippen molar-refractivity contribution in [1.82, 2.24) is 0 Å². The molecule has 4 nitrogen and oxygen atoms in total. The van der Waals surface area contributed by atoms with Crippen LogP contribution < -0.4 is 0 Å². The van der Waals surface area contributed by atoms with Gasteiger partial charge in [0.05, 0.1) is 12.7 Å². The number of aromatic hydroxyl groups is 1. The highest BCUT2D eigenvalue weighted by Gasteiger charge is 2.52. The molecule has 4 saturated carbocycles. The average molecular weight is 390 g/mol. The van der Waals surface area contributed by atoms with E-state index in [1.165, 1.54) is 26.4 Å². The monoisotopic (exact) mass is 390 g/mol. The number of methoxy groups -OCH3 is 1. The van der Waals surface area contributed by atoms with Gasteiger partial charge in [0.25, 0.3) is 0 Å². The molecule has 29 heavy (non-hydrogen) atoms. The molecule has 0 atom stereocenters. The molecule has 0 heterocycles. The van der Waals surface area contributed by atoms with Crippen LogP contribution in [0.5, 0.6) is 5.75 Å². The Bertz CT molecular complexity index is 938. The molecule has 4 aliphatic rings. The molecule has 2 aromatic rings. The minimum Gasteiger partial charge on any atom is -0.508 e. The fourth-order valence-electron chi connectivity index (χ4n) is 6.58. The molecular weight excluding hydrogens is 364 g/mol. The average Bonchev–Trinajstić information content (AvgIpc) is 2.72. The van der Waals surface area contributed by atoms with Gasteiger partial charge in [-0.2, -0.15) is 0 Å². The maximum atomic E-state index is 13.1. The summed E-state index contributed by atoms with van der Waals surface area (Å²) in [6.07, 6.45) is 7.43. The Hall–Kier alpha value is -2.62. The van der Waals surface area contributed by atoms with Crippen molar-refractivity contribution in [2.45, 2.75) is 43.9 Å². The third kappa shape index (κ3) is 3.06. The van der Waals surface area contributed by atoms with E-state index in [9.17, 15) is 14.7 Å². The lowest BCUT2D eigenvalue weighted by atomic mass is 9.48. The number of phenols is 1. The van der Waals surface area contributed by atoms with Crippen LogP contribution in [0.1, 0.15) is 70.4 Å². The third-order valence-corrected chi connectivity index (χ3v) is 7.44. The second kappa shape index (κ2) is 6.72. The van der Waals surface area contributed by atoms with Gasteiger partial charge in [0, 0.05) is 16.7 Å². The van der Waals surface area contributed by atoms with Crippen molar-refractivity contribution in [3.8, 4) is 5.75 Å². The summed E-state index contributed by atoms with van der Waals surface area (Å²) in [7, 11) is 1.34. The van der Waals surface area contributed by atoms with Crippen molar-refractivity contribution >= 4 is 11.8 Å². The number of ether oxygens (including phenoxy) is 1. The van der Waals surface area contributed by atoms with Gasteiger partial charge in [-0.05, 0) is 92.0 Å². The zero-order valence-electron chi connectivity index (χ0n) is 16.7. The highest BCUT2D eigenvalue weighted by atomic mass is 16.5. The molecule has 0 unspecified atom stereocenters. The third-order valence-electron chi connectivity index (χ3n) is 7.44. The second-order valence-electron chi connectivity index (χ2n) is 9.33. The Morgan fingerprint density at radius 3 is 1.93 bits per heavy atom. The van der Waals surface area contributed by atoms with Crippen LogP contribution in [0.25, 0.3) is 0 Å². The Morgan fingerprint density at radius 1 is 0.862 bits per heavy atom. The predicted octanol–water partition coefficient (Wildman–Crippen LogP) is 4.88. The zero-order valence-corrected chi connectivity index (χ0v) is 16.7. The lowest BCUT2D eigenvalue weighted by Gasteiger charge is -2.57. The minimum atomic E-state index is -0.419. The van der Waals surface area contributed by atoms with Crippen LogP contribution in [0.3, 0.4) is 0 Å². The molecule has 0 saturated heterocycles. The Morgan fingerprint density at radius 2 is 1.38 bits per heavy atom. The van der Waals surface area contributed by atoms with E-state index in [0.29, 0.717) is 22.4 Å². The normalized spacial score (nSPS) is 29.6. The quantitative estimate of drug-likeness (QED) is 0.597. The van der Waals surface area contributed by atoms with Crippen molar-refractivity contribution < 1.29 is 19.4 Å². The van der Waals surface area contributed by atoms with Crippen molar-refractivity contribution in [1.29, 1.82) is 0 Å². The standard InChI is InChI=1S/C25H26O4/c1-29-24(28)19-4-2-18(3-5-19)23(27)20-6-7-22(26)21(11-20)25-12-15-8-16(13-25)10-17(9-15)14-25/h2-7,11,15-17,26H,8-10,12-14H2,1H3. The minimum absolute atomic E-state index is 0.0316. The summed E-state index contributed by atoms with van der Waals surface area (Å²) in [6.45, 7) is 0. The topological polar surface area (TPSA) is 63.6 Å². The van der Waals surface area contributed by atoms with Crippen LogP contribution in [0.4, 0.5) is 0 Å². The Balaban J connectivity index is 1.47. The van der Waals surface area contributed by atoms with Gasteiger partial charge in [-0.15, -0.1) is 0 Å². The van der Waals surface area contributed by atoms with Crippen molar-refractivity contribution in [3.63, 3.8) is 0 Å². The summed E-state index contributed by atoms with van der Waals surface area (Å²) >= 11 is 0. The van der Waals surface area contributed by atoms with E-state index in [2.05, 4.69) is 0 Å². The summed E-state index contributed by atoms with van der Waals surface area (Å²) in [5, 5.41) is 10.7. The van der Waals surface area contributed by atoms with Crippen LogP contribution in [0, 0.1) is 17.8 Å². The van der Waals surface area contributed by atoms with E-state index in [-0.39, 0.29) is 11.2 Å². The largest absolute Gasteiger partial charge is 0.508 e. The number of esters is 1. The second-order valence-corrected chi connectivity index (χ2v) is 9.33. The zero-order chi connectivity index (χ0) is 20.2. The Kier molecular flexibility index (Phi) is 4.27. The first-order valence-corrected chi connectivity index (χ1v) is 10.5. The number of hydrogen-bond acceptors (Lipinski definition) is 4. The van der Waals surface area contributed by atoms with E-state index in [1.807, 2.05) is 6.07 Å². The molecule has 0 amide bonds. The molecule has 4 bridgehead atoms. The molecule has 2 aromatic carbocycles. The maximum absolute atomic E-state index is 13.1. The van der Waals surface area contributed by atoms with Crippen LogP contribution >= 0.6 is 0 Å². The molecule has 4 heteroatoms. The smallest absolute Gasteiger partial charge is 0.337 e. The van der Waals surface area contributed by atoms with Crippen LogP contribution in [-0.4, -0.2) is 24.0 Å². The van der Waals surface area contributed by atoms with Gasteiger partial charge in [-0.1, -0.05) is 12.1 Å².